The Morgan fingerprint density at radius 3 is 2.64 bits per heavy atom. The molecule has 2 N–H and O–H groups in total. The molecule has 1 aromatic rings. The Morgan fingerprint density at radius 1 is 1.27 bits per heavy atom. The van der Waals surface area contributed by atoms with Gasteiger partial charge in [0, 0.05) is 24.6 Å². The first-order chi connectivity index (χ1) is 10.3. The molecule has 1 aromatic carbocycles. The number of carbonyl (C=O) groups is 2. The van der Waals surface area contributed by atoms with Crippen molar-refractivity contribution in [3.05, 3.63) is 35.4 Å². The van der Waals surface area contributed by atoms with E-state index in [0.717, 1.165) is 25.0 Å². The Bertz CT molecular complexity index is 572. The smallest absolute Gasteiger partial charge is 0.370 e. The monoisotopic (exact) mass is 314 g/mol. The minimum absolute atomic E-state index is 0.0220. The van der Waals surface area contributed by atoms with Crippen molar-refractivity contribution in [2.45, 2.75) is 37.9 Å². The number of primary amides is 1. The van der Waals surface area contributed by atoms with Crippen LogP contribution in [-0.4, -0.2) is 29.3 Å². The Kier molecular flexibility index (Phi) is 4.73. The van der Waals surface area contributed by atoms with Gasteiger partial charge in [0.1, 0.15) is 0 Å². The topological polar surface area (TPSA) is 63.4 Å². The maximum absolute atomic E-state index is 12.7. The van der Waals surface area contributed by atoms with Crippen LogP contribution in [-0.2, 0) is 11.0 Å². The van der Waals surface area contributed by atoms with E-state index < -0.39 is 23.6 Å². The number of hydrogen-bond donors (Lipinski definition) is 1. The number of rotatable bonds is 3. The van der Waals surface area contributed by atoms with Crippen molar-refractivity contribution in [1.82, 2.24) is 4.90 Å². The lowest BCUT2D eigenvalue weighted by molar-refractivity contribution is -0.137. The van der Waals surface area contributed by atoms with Crippen molar-refractivity contribution in [3.63, 3.8) is 0 Å². The van der Waals surface area contributed by atoms with Gasteiger partial charge >= 0.3 is 6.18 Å². The minimum Gasteiger partial charge on any atom is -0.370 e. The quantitative estimate of drug-likeness (QED) is 0.932. The first-order valence-corrected chi connectivity index (χ1v) is 7.05. The number of halogens is 3. The van der Waals surface area contributed by atoms with Crippen molar-refractivity contribution in [2.75, 3.05) is 6.54 Å². The van der Waals surface area contributed by atoms with Gasteiger partial charge in [-0.15, -0.1) is 0 Å². The summed E-state index contributed by atoms with van der Waals surface area (Å²) in [6.45, 7) is 0.424. The van der Waals surface area contributed by atoms with Crippen molar-refractivity contribution in [3.8, 4) is 0 Å². The van der Waals surface area contributed by atoms with E-state index in [2.05, 4.69) is 0 Å². The summed E-state index contributed by atoms with van der Waals surface area (Å²) < 4.78 is 38.2. The van der Waals surface area contributed by atoms with Gasteiger partial charge in [-0.3, -0.25) is 9.59 Å². The largest absolute Gasteiger partial charge is 0.416 e. The van der Waals surface area contributed by atoms with Crippen LogP contribution in [0.15, 0.2) is 24.3 Å². The summed E-state index contributed by atoms with van der Waals surface area (Å²) in [7, 11) is 0. The molecule has 22 heavy (non-hydrogen) atoms. The molecule has 0 radical (unpaired) electrons. The zero-order chi connectivity index (χ0) is 16.3. The molecule has 0 spiro atoms. The molecule has 0 saturated carbocycles. The number of nitrogens with two attached hydrogens (primary N) is 1. The van der Waals surface area contributed by atoms with E-state index in [1.807, 2.05) is 0 Å². The zero-order valence-corrected chi connectivity index (χ0v) is 11.9. The van der Waals surface area contributed by atoms with E-state index in [9.17, 15) is 22.8 Å². The van der Waals surface area contributed by atoms with Gasteiger partial charge in [0.05, 0.1) is 5.56 Å². The van der Waals surface area contributed by atoms with Crippen LogP contribution < -0.4 is 5.73 Å². The number of nitrogens with zero attached hydrogens (tertiary/aromatic N) is 1. The fourth-order valence-electron chi connectivity index (χ4n) is 2.71. The second-order valence-corrected chi connectivity index (χ2v) is 5.40. The van der Waals surface area contributed by atoms with Crippen LogP contribution in [0.1, 0.15) is 41.6 Å². The van der Waals surface area contributed by atoms with Gasteiger partial charge in [-0.1, -0.05) is 6.07 Å². The standard InChI is InChI=1S/C15H17F3N2O2/c16-15(17,18)11-5-3-4-10(8-11)14(22)20-7-2-1-6-12(20)9-13(19)21/h3-5,8,12H,1-2,6-7,9H2,(H2,19,21)/t12-/m0/s1. The summed E-state index contributed by atoms with van der Waals surface area (Å²) in [6, 6.07) is 4.00. The van der Waals surface area contributed by atoms with E-state index in [-0.39, 0.29) is 18.0 Å². The molecular weight excluding hydrogens is 297 g/mol. The highest BCUT2D eigenvalue weighted by atomic mass is 19.4. The lowest BCUT2D eigenvalue weighted by atomic mass is 9.97. The SMILES string of the molecule is NC(=O)C[C@@H]1CCCCN1C(=O)c1cccc(C(F)(F)F)c1. The fraction of sp³-hybridized carbons (Fsp3) is 0.467. The molecule has 1 heterocycles. The number of amides is 2. The number of hydrogen-bond acceptors (Lipinski definition) is 2. The number of likely N-dealkylation sites (tertiary alicyclic amines) is 1. The van der Waals surface area contributed by atoms with Gasteiger partial charge in [0.2, 0.25) is 5.91 Å². The third-order valence-corrected chi connectivity index (χ3v) is 3.76. The van der Waals surface area contributed by atoms with Gasteiger partial charge in [-0.25, -0.2) is 0 Å². The van der Waals surface area contributed by atoms with Crippen molar-refractivity contribution in [1.29, 1.82) is 0 Å². The summed E-state index contributed by atoms with van der Waals surface area (Å²) in [5.74, 6) is -1.01. The molecule has 1 aliphatic heterocycles. The molecule has 0 unspecified atom stereocenters. The van der Waals surface area contributed by atoms with E-state index >= 15 is 0 Å². The molecule has 0 aromatic heterocycles. The Hall–Kier alpha value is -2.05. The molecule has 2 rings (SSSR count). The minimum atomic E-state index is -4.50. The third-order valence-electron chi connectivity index (χ3n) is 3.76. The summed E-state index contributed by atoms with van der Waals surface area (Å²) in [6.07, 6.45) is -2.20. The van der Waals surface area contributed by atoms with Gasteiger partial charge in [0.25, 0.3) is 5.91 Å². The molecule has 1 saturated heterocycles. The number of piperidine rings is 1. The highest BCUT2D eigenvalue weighted by Crippen LogP contribution is 2.30. The highest BCUT2D eigenvalue weighted by Gasteiger charge is 2.33. The molecule has 0 aliphatic carbocycles. The first kappa shape index (κ1) is 16.3. The number of alkyl halides is 3. The van der Waals surface area contributed by atoms with Crippen LogP contribution in [0.5, 0.6) is 0 Å². The number of carbonyl (C=O) groups excluding carboxylic acids is 2. The second kappa shape index (κ2) is 6.37. The van der Waals surface area contributed by atoms with E-state index in [1.54, 1.807) is 0 Å². The molecule has 120 valence electrons. The third kappa shape index (κ3) is 3.78. The molecule has 1 fully saturated rings. The maximum atomic E-state index is 12.7. The summed E-state index contributed by atoms with van der Waals surface area (Å²) in [5.41, 5.74) is 4.30. The summed E-state index contributed by atoms with van der Waals surface area (Å²) >= 11 is 0. The maximum Gasteiger partial charge on any atom is 0.416 e. The number of benzene rings is 1. The van der Waals surface area contributed by atoms with Crippen LogP contribution in [0, 0.1) is 0 Å². The zero-order valence-electron chi connectivity index (χ0n) is 11.9. The Morgan fingerprint density at radius 2 is 2.00 bits per heavy atom. The van der Waals surface area contributed by atoms with Gasteiger partial charge in [-0.05, 0) is 37.5 Å². The van der Waals surface area contributed by atoms with Gasteiger partial charge in [-0.2, -0.15) is 13.2 Å². The molecule has 7 heteroatoms. The normalized spacial score (nSPS) is 19.0. The van der Waals surface area contributed by atoms with E-state index in [4.69, 9.17) is 5.73 Å². The average Bonchev–Trinajstić information content (AvgIpc) is 2.46. The van der Waals surface area contributed by atoms with Gasteiger partial charge < -0.3 is 10.6 Å². The van der Waals surface area contributed by atoms with Crippen molar-refractivity contribution >= 4 is 11.8 Å². The molecular formula is C15H17F3N2O2. The summed E-state index contributed by atoms with van der Waals surface area (Å²) in [5, 5.41) is 0. The lowest BCUT2D eigenvalue weighted by Crippen LogP contribution is -2.45. The molecule has 0 bridgehead atoms. The Labute approximate surface area is 126 Å². The van der Waals surface area contributed by atoms with Crippen LogP contribution >= 0.6 is 0 Å². The molecule has 1 atom stereocenters. The molecule has 1 aliphatic rings. The van der Waals surface area contributed by atoms with E-state index in [1.165, 1.54) is 17.0 Å². The highest BCUT2D eigenvalue weighted by molar-refractivity contribution is 5.95. The molecule has 2 amide bonds. The van der Waals surface area contributed by atoms with Gasteiger partial charge in [0.15, 0.2) is 0 Å². The predicted molar refractivity (Wildman–Crippen MR) is 73.9 cm³/mol. The lowest BCUT2D eigenvalue weighted by Gasteiger charge is -2.35. The van der Waals surface area contributed by atoms with Crippen LogP contribution in [0.25, 0.3) is 0 Å². The Balaban J connectivity index is 2.24. The average molecular weight is 314 g/mol. The van der Waals surface area contributed by atoms with Crippen molar-refractivity contribution < 1.29 is 22.8 Å². The predicted octanol–water partition coefficient (Wildman–Crippen LogP) is 2.58. The summed E-state index contributed by atoms with van der Waals surface area (Å²) in [4.78, 5) is 25.0. The van der Waals surface area contributed by atoms with Crippen LogP contribution in [0.4, 0.5) is 13.2 Å². The van der Waals surface area contributed by atoms with Crippen molar-refractivity contribution in [2.24, 2.45) is 5.73 Å². The van der Waals surface area contributed by atoms with Crippen LogP contribution in [0.2, 0.25) is 0 Å². The van der Waals surface area contributed by atoms with Crippen LogP contribution in [0.3, 0.4) is 0 Å². The second-order valence-electron chi connectivity index (χ2n) is 5.40. The van der Waals surface area contributed by atoms with E-state index in [0.29, 0.717) is 13.0 Å². The molecule has 4 nitrogen and oxygen atoms in total. The fourth-order valence-corrected chi connectivity index (χ4v) is 2.71. The first-order valence-electron chi connectivity index (χ1n) is 7.05.